The van der Waals surface area contributed by atoms with E-state index in [2.05, 4.69) is 0 Å². The molecule has 0 aliphatic heterocycles. The molecular formula is C8H7ClOS. The summed E-state index contributed by atoms with van der Waals surface area (Å²) in [6.07, 6.45) is 2.69. The predicted octanol–water partition coefficient (Wildman–Crippen LogP) is 2.87. The van der Waals surface area contributed by atoms with Crippen LogP contribution < -0.4 is 0 Å². The van der Waals surface area contributed by atoms with Crippen LogP contribution in [0.4, 0.5) is 0 Å². The lowest BCUT2D eigenvalue weighted by molar-refractivity contribution is 0.112. The molecule has 0 aliphatic carbocycles. The summed E-state index contributed by atoms with van der Waals surface area (Å²) in [5.74, 6) is 0. The second kappa shape index (κ2) is 3.79. The fourth-order valence-corrected chi connectivity index (χ4v) is 1.69. The van der Waals surface area contributed by atoms with Crippen molar-refractivity contribution in [3.05, 3.63) is 28.8 Å². The molecule has 1 nitrogen and oxygen atoms in total. The molecule has 1 rings (SSSR count). The van der Waals surface area contributed by atoms with Gasteiger partial charge < -0.3 is 0 Å². The molecule has 0 atom stereocenters. The number of carbonyl (C=O) groups is 1. The molecule has 0 radical (unpaired) electrons. The number of hydrogen-bond donors (Lipinski definition) is 0. The number of hydrogen-bond acceptors (Lipinski definition) is 2. The SMILES string of the molecule is CSc1cccc(C=O)c1Cl. The third-order valence-corrected chi connectivity index (χ3v) is 2.65. The molecule has 0 bridgehead atoms. The average molecular weight is 187 g/mol. The van der Waals surface area contributed by atoms with Gasteiger partial charge in [-0.15, -0.1) is 11.8 Å². The van der Waals surface area contributed by atoms with Crippen molar-refractivity contribution in [3.63, 3.8) is 0 Å². The average Bonchev–Trinajstić information content (AvgIpc) is 2.05. The quantitative estimate of drug-likeness (QED) is 0.522. The lowest BCUT2D eigenvalue weighted by Crippen LogP contribution is -1.82. The summed E-state index contributed by atoms with van der Waals surface area (Å²) in [6, 6.07) is 5.41. The molecular weight excluding hydrogens is 180 g/mol. The van der Waals surface area contributed by atoms with Gasteiger partial charge in [0.05, 0.1) is 5.02 Å². The van der Waals surface area contributed by atoms with E-state index in [-0.39, 0.29) is 0 Å². The molecule has 58 valence electrons. The Balaban J connectivity index is 3.20. The molecule has 0 heterocycles. The van der Waals surface area contributed by atoms with Gasteiger partial charge in [0, 0.05) is 10.5 Å². The highest BCUT2D eigenvalue weighted by Crippen LogP contribution is 2.27. The first-order chi connectivity index (χ1) is 5.29. The molecule has 11 heavy (non-hydrogen) atoms. The van der Waals surface area contributed by atoms with Crippen molar-refractivity contribution in [3.8, 4) is 0 Å². The first-order valence-corrected chi connectivity index (χ1v) is 4.67. The molecule has 0 saturated heterocycles. The van der Waals surface area contributed by atoms with Gasteiger partial charge in [0.1, 0.15) is 0 Å². The zero-order chi connectivity index (χ0) is 8.27. The maximum Gasteiger partial charge on any atom is 0.151 e. The number of halogens is 1. The van der Waals surface area contributed by atoms with Crippen LogP contribution in [0.25, 0.3) is 0 Å². The Morgan fingerprint density at radius 2 is 2.27 bits per heavy atom. The van der Waals surface area contributed by atoms with Crippen molar-refractivity contribution in [1.29, 1.82) is 0 Å². The summed E-state index contributed by atoms with van der Waals surface area (Å²) in [4.78, 5) is 11.3. The van der Waals surface area contributed by atoms with Crippen LogP contribution in [0.1, 0.15) is 10.4 Å². The zero-order valence-corrected chi connectivity index (χ0v) is 7.58. The Kier molecular flexibility index (Phi) is 2.97. The van der Waals surface area contributed by atoms with Crippen LogP contribution in [0.3, 0.4) is 0 Å². The van der Waals surface area contributed by atoms with E-state index in [0.29, 0.717) is 10.6 Å². The summed E-state index contributed by atoms with van der Waals surface area (Å²) < 4.78 is 0. The van der Waals surface area contributed by atoms with Crippen molar-refractivity contribution < 1.29 is 4.79 Å². The third-order valence-electron chi connectivity index (χ3n) is 1.34. The standard InChI is InChI=1S/C8H7ClOS/c1-11-7-4-2-3-6(5-10)8(7)9/h2-5H,1H3. The molecule has 0 unspecified atom stereocenters. The minimum atomic E-state index is 0.551. The van der Waals surface area contributed by atoms with Crippen molar-refractivity contribution in [1.82, 2.24) is 0 Å². The number of rotatable bonds is 2. The molecule has 0 N–H and O–H groups in total. The van der Waals surface area contributed by atoms with Crippen molar-refractivity contribution in [2.24, 2.45) is 0 Å². The zero-order valence-electron chi connectivity index (χ0n) is 6.00. The van der Waals surface area contributed by atoms with Gasteiger partial charge in [-0.1, -0.05) is 23.7 Å². The van der Waals surface area contributed by atoms with E-state index in [1.54, 1.807) is 6.07 Å². The summed E-state index contributed by atoms with van der Waals surface area (Å²) in [5.41, 5.74) is 0.554. The van der Waals surface area contributed by atoms with E-state index in [0.717, 1.165) is 11.2 Å². The number of aldehydes is 1. The largest absolute Gasteiger partial charge is 0.298 e. The molecule has 0 fully saturated rings. The minimum absolute atomic E-state index is 0.551. The second-order valence-corrected chi connectivity index (χ2v) is 3.21. The smallest absolute Gasteiger partial charge is 0.151 e. The van der Waals surface area contributed by atoms with E-state index in [9.17, 15) is 4.79 Å². The van der Waals surface area contributed by atoms with Crippen molar-refractivity contribution >= 4 is 29.6 Å². The third kappa shape index (κ3) is 1.76. The first kappa shape index (κ1) is 8.62. The molecule has 0 spiro atoms. The van der Waals surface area contributed by atoms with Crippen molar-refractivity contribution in [2.75, 3.05) is 6.26 Å². The lowest BCUT2D eigenvalue weighted by atomic mass is 10.2. The van der Waals surface area contributed by atoms with E-state index in [1.807, 2.05) is 18.4 Å². The van der Waals surface area contributed by atoms with Crippen LogP contribution in [0.2, 0.25) is 5.02 Å². The Labute approximate surface area is 74.7 Å². The second-order valence-electron chi connectivity index (χ2n) is 1.98. The van der Waals surface area contributed by atoms with Crippen LogP contribution in [0.5, 0.6) is 0 Å². The van der Waals surface area contributed by atoms with Crippen LogP contribution in [-0.4, -0.2) is 12.5 Å². The molecule has 3 heteroatoms. The van der Waals surface area contributed by atoms with Crippen LogP contribution in [0.15, 0.2) is 23.1 Å². The summed E-state index contributed by atoms with van der Waals surface area (Å²) in [5, 5.41) is 0.551. The van der Waals surface area contributed by atoms with Gasteiger partial charge >= 0.3 is 0 Å². The summed E-state index contributed by atoms with van der Waals surface area (Å²) in [7, 11) is 0. The molecule has 0 amide bonds. The topological polar surface area (TPSA) is 17.1 Å². The maximum atomic E-state index is 10.4. The van der Waals surface area contributed by atoms with Gasteiger partial charge in [0.25, 0.3) is 0 Å². The van der Waals surface area contributed by atoms with Crippen LogP contribution in [-0.2, 0) is 0 Å². The minimum Gasteiger partial charge on any atom is -0.298 e. The Bertz CT molecular complexity index is 273. The highest BCUT2D eigenvalue weighted by Gasteiger charge is 2.02. The molecule has 1 aromatic carbocycles. The van der Waals surface area contributed by atoms with Crippen molar-refractivity contribution in [2.45, 2.75) is 4.90 Å². The lowest BCUT2D eigenvalue weighted by Gasteiger charge is -2.00. The molecule has 0 aromatic heterocycles. The van der Waals surface area contributed by atoms with Gasteiger partial charge in [0.2, 0.25) is 0 Å². The first-order valence-electron chi connectivity index (χ1n) is 3.07. The van der Waals surface area contributed by atoms with Gasteiger partial charge in [-0.3, -0.25) is 4.79 Å². The Morgan fingerprint density at radius 3 is 2.82 bits per heavy atom. The number of thioether (sulfide) groups is 1. The van der Waals surface area contributed by atoms with E-state index in [1.165, 1.54) is 11.8 Å². The van der Waals surface area contributed by atoms with E-state index < -0.39 is 0 Å². The number of carbonyl (C=O) groups excluding carboxylic acids is 1. The van der Waals surface area contributed by atoms with Gasteiger partial charge in [0.15, 0.2) is 6.29 Å². The highest BCUT2D eigenvalue weighted by atomic mass is 35.5. The molecule has 0 aliphatic rings. The van der Waals surface area contributed by atoms with Gasteiger partial charge in [-0.05, 0) is 12.3 Å². The maximum absolute atomic E-state index is 10.4. The normalized spacial score (nSPS) is 9.64. The van der Waals surface area contributed by atoms with Gasteiger partial charge in [-0.25, -0.2) is 0 Å². The number of benzene rings is 1. The molecule has 0 saturated carbocycles. The van der Waals surface area contributed by atoms with E-state index >= 15 is 0 Å². The highest BCUT2D eigenvalue weighted by molar-refractivity contribution is 7.98. The van der Waals surface area contributed by atoms with Crippen LogP contribution >= 0.6 is 23.4 Å². The molecule has 1 aromatic rings. The van der Waals surface area contributed by atoms with E-state index in [4.69, 9.17) is 11.6 Å². The van der Waals surface area contributed by atoms with Crippen LogP contribution in [0, 0.1) is 0 Å². The monoisotopic (exact) mass is 186 g/mol. The summed E-state index contributed by atoms with van der Waals surface area (Å²) >= 11 is 7.39. The summed E-state index contributed by atoms with van der Waals surface area (Å²) in [6.45, 7) is 0. The fraction of sp³-hybridized carbons (Fsp3) is 0.125. The predicted molar refractivity (Wildman–Crippen MR) is 48.6 cm³/mol. The Hall–Kier alpha value is -0.470. The fourth-order valence-electron chi connectivity index (χ4n) is 0.776. The van der Waals surface area contributed by atoms with Gasteiger partial charge in [-0.2, -0.15) is 0 Å². The Morgan fingerprint density at radius 1 is 1.55 bits per heavy atom.